The van der Waals surface area contributed by atoms with E-state index in [0.29, 0.717) is 12.3 Å². The molecule has 28 heavy (non-hydrogen) atoms. The number of methoxy groups -OCH3 is 2. The number of imide groups is 1. The molecule has 0 saturated heterocycles. The number of nitrogens with one attached hydrogen (secondary N) is 2. The second kappa shape index (κ2) is 9.07. The van der Waals surface area contributed by atoms with Gasteiger partial charge in [0.25, 0.3) is 0 Å². The number of benzene rings is 1. The van der Waals surface area contributed by atoms with Crippen LogP contribution in [0.1, 0.15) is 28.5 Å². The van der Waals surface area contributed by atoms with Crippen molar-refractivity contribution in [2.24, 2.45) is 0 Å². The predicted molar refractivity (Wildman–Crippen MR) is 108 cm³/mol. The molecule has 8 heteroatoms. The fourth-order valence-corrected chi connectivity index (χ4v) is 4.39. The van der Waals surface area contributed by atoms with Crippen molar-refractivity contribution in [3.05, 3.63) is 45.6 Å². The molecule has 0 bridgehead atoms. The quantitative estimate of drug-likeness (QED) is 0.775. The minimum atomic E-state index is -0.486. The van der Waals surface area contributed by atoms with Gasteiger partial charge in [0.1, 0.15) is 0 Å². The lowest BCUT2D eigenvalue weighted by Crippen LogP contribution is -2.41. The van der Waals surface area contributed by atoms with E-state index in [1.54, 1.807) is 25.6 Å². The Morgan fingerprint density at radius 3 is 2.64 bits per heavy atom. The van der Waals surface area contributed by atoms with Crippen LogP contribution in [-0.4, -0.2) is 51.2 Å². The first-order valence-electron chi connectivity index (χ1n) is 9.11. The molecule has 1 aromatic carbocycles. The monoisotopic (exact) mass is 403 g/mol. The first-order valence-corrected chi connectivity index (χ1v) is 9.99. The average Bonchev–Trinajstić information content (AvgIpc) is 3.24. The summed E-state index contributed by atoms with van der Waals surface area (Å²) in [7, 11) is 4.76. The maximum Gasteiger partial charge on any atom is 0.321 e. The molecule has 3 rings (SSSR count). The molecule has 1 aliphatic rings. The largest absolute Gasteiger partial charge is 0.493 e. The zero-order valence-electron chi connectivity index (χ0n) is 16.3. The molecular formula is C20H25N3O4S. The molecule has 0 spiro atoms. The van der Waals surface area contributed by atoms with Crippen LogP contribution >= 0.6 is 11.3 Å². The van der Waals surface area contributed by atoms with Crippen molar-refractivity contribution in [1.82, 2.24) is 15.5 Å². The molecule has 0 radical (unpaired) electrons. The van der Waals surface area contributed by atoms with E-state index in [4.69, 9.17) is 9.47 Å². The number of carbonyl (C=O) groups excluding carboxylic acids is 2. The highest BCUT2D eigenvalue weighted by Crippen LogP contribution is 2.42. The molecule has 1 atom stereocenters. The zero-order valence-corrected chi connectivity index (χ0v) is 17.1. The summed E-state index contributed by atoms with van der Waals surface area (Å²) in [6.07, 6.45) is 1.10. The van der Waals surface area contributed by atoms with Crippen LogP contribution in [0, 0.1) is 0 Å². The Labute approximate surface area is 168 Å². The Morgan fingerprint density at radius 1 is 1.25 bits per heavy atom. The fraction of sp³-hybridized carbons (Fsp3) is 0.400. The van der Waals surface area contributed by atoms with Gasteiger partial charge in [-0.3, -0.25) is 15.0 Å². The van der Waals surface area contributed by atoms with Crippen molar-refractivity contribution < 1.29 is 19.1 Å². The number of nitrogens with zero attached hydrogens (tertiary/aromatic N) is 1. The molecule has 1 aliphatic heterocycles. The molecule has 2 heterocycles. The maximum atomic E-state index is 12.0. The van der Waals surface area contributed by atoms with Crippen molar-refractivity contribution in [2.75, 3.05) is 34.4 Å². The highest BCUT2D eigenvalue weighted by atomic mass is 32.1. The summed E-state index contributed by atoms with van der Waals surface area (Å²) >= 11 is 1.69. The fourth-order valence-electron chi connectivity index (χ4n) is 3.52. The summed E-state index contributed by atoms with van der Waals surface area (Å²) in [5.74, 6) is 1.13. The predicted octanol–water partition coefficient (Wildman–Crippen LogP) is 2.56. The van der Waals surface area contributed by atoms with Crippen molar-refractivity contribution in [3.63, 3.8) is 0 Å². The van der Waals surface area contributed by atoms with E-state index >= 15 is 0 Å². The topological polar surface area (TPSA) is 79.9 Å². The molecule has 0 fully saturated rings. The van der Waals surface area contributed by atoms with E-state index in [0.717, 1.165) is 24.3 Å². The Morgan fingerprint density at radius 2 is 2.00 bits per heavy atom. The molecule has 150 valence electrons. The third-order valence-corrected chi connectivity index (χ3v) is 5.82. The number of ether oxygens (including phenoxy) is 2. The summed E-state index contributed by atoms with van der Waals surface area (Å²) in [6, 6.07) is 7.78. The average molecular weight is 404 g/mol. The number of rotatable bonds is 6. The van der Waals surface area contributed by atoms with Crippen molar-refractivity contribution in [3.8, 4) is 11.5 Å². The molecule has 3 amide bonds. The summed E-state index contributed by atoms with van der Waals surface area (Å²) in [5, 5.41) is 6.77. The van der Waals surface area contributed by atoms with Gasteiger partial charge in [-0.25, -0.2) is 4.79 Å². The summed E-state index contributed by atoms with van der Waals surface area (Å²) in [4.78, 5) is 26.9. The summed E-state index contributed by atoms with van der Waals surface area (Å²) < 4.78 is 11.0. The minimum absolute atomic E-state index is 0.0383. The minimum Gasteiger partial charge on any atom is -0.493 e. The first kappa shape index (κ1) is 20.2. The van der Waals surface area contributed by atoms with Crippen LogP contribution in [0.5, 0.6) is 11.5 Å². The van der Waals surface area contributed by atoms with Gasteiger partial charge in [0, 0.05) is 31.4 Å². The normalized spacial score (nSPS) is 16.2. The molecule has 2 N–H and O–H groups in total. The lowest BCUT2D eigenvalue weighted by molar-refractivity contribution is -0.120. The van der Waals surface area contributed by atoms with Crippen LogP contribution in [0.25, 0.3) is 0 Å². The van der Waals surface area contributed by atoms with Crippen LogP contribution in [-0.2, 0) is 11.2 Å². The lowest BCUT2D eigenvalue weighted by Gasteiger charge is -2.37. The van der Waals surface area contributed by atoms with Gasteiger partial charge in [-0.05, 0) is 41.1 Å². The summed E-state index contributed by atoms with van der Waals surface area (Å²) in [6.45, 7) is 1.37. The van der Waals surface area contributed by atoms with Gasteiger partial charge in [0.2, 0.25) is 5.91 Å². The SMILES string of the molecule is CNC(=O)NC(=O)CCN1CCc2cc(OC)c(OC)cc2C1c1cccs1. The van der Waals surface area contributed by atoms with Crippen LogP contribution < -0.4 is 20.1 Å². The van der Waals surface area contributed by atoms with E-state index in [-0.39, 0.29) is 18.4 Å². The Balaban J connectivity index is 1.87. The molecule has 0 aliphatic carbocycles. The Bertz CT molecular complexity index is 838. The Hall–Kier alpha value is -2.58. The van der Waals surface area contributed by atoms with Crippen molar-refractivity contribution in [1.29, 1.82) is 0 Å². The van der Waals surface area contributed by atoms with Crippen LogP contribution in [0.15, 0.2) is 29.6 Å². The molecule has 1 unspecified atom stereocenters. The molecular weight excluding hydrogens is 378 g/mol. The van der Waals surface area contributed by atoms with Crippen LogP contribution in [0.3, 0.4) is 0 Å². The Kier molecular flexibility index (Phi) is 6.53. The standard InChI is InChI=1S/C20H25N3O4S/c1-21-20(25)22-18(24)7-9-23-8-6-13-11-15(26-2)16(27-3)12-14(13)19(23)17-5-4-10-28-17/h4-5,10-12,19H,6-9H2,1-3H3,(H2,21,22,24,25). The number of hydrogen-bond donors (Lipinski definition) is 2. The molecule has 1 aromatic heterocycles. The van der Waals surface area contributed by atoms with Gasteiger partial charge in [-0.1, -0.05) is 6.07 Å². The van der Waals surface area contributed by atoms with E-state index in [1.807, 2.05) is 18.2 Å². The van der Waals surface area contributed by atoms with Crippen molar-refractivity contribution in [2.45, 2.75) is 18.9 Å². The number of urea groups is 1. The third kappa shape index (κ3) is 4.28. The number of fused-ring (bicyclic) bond motifs is 1. The van der Waals surface area contributed by atoms with E-state index in [1.165, 1.54) is 17.5 Å². The number of carbonyl (C=O) groups is 2. The van der Waals surface area contributed by atoms with E-state index in [2.05, 4.69) is 27.0 Å². The molecule has 2 aromatic rings. The molecule has 7 nitrogen and oxygen atoms in total. The second-order valence-corrected chi connectivity index (χ2v) is 7.47. The van der Waals surface area contributed by atoms with Gasteiger partial charge >= 0.3 is 6.03 Å². The molecule has 0 saturated carbocycles. The van der Waals surface area contributed by atoms with Gasteiger partial charge < -0.3 is 14.8 Å². The van der Waals surface area contributed by atoms with Crippen molar-refractivity contribution >= 4 is 23.3 Å². The van der Waals surface area contributed by atoms with Gasteiger partial charge in [-0.15, -0.1) is 11.3 Å². The highest BCUT2D eigenvalue weighted by Gasteiger charge is 2.31. The van der Waals surface area contributed by atoms with Crippen LogP contribution in [0.2, 0.25) is 0 Å². The van der Waals surface area contributed by atoms with E-state index in [9.17, 15) is 9.59 Å². The number of amides is 3. The number of thiophene rings is 1. The van der Waals surface area contributed by atoms with E-state index < -0.39 is 6.03 Å². The first-order chi connectivity index (χ1) is 13.6. The van der Waals surface area contributed by atoms with Gasteiger partial charge in [0.15, 0.2) is 11.5 Å². The second-order valence-electron chi connectivity index (χ2n) is 6.49. The summed E-state index contributed by atoms with van der Waals surface area (Å²) in [5.41, 5.74) is 2.39. The number of hydrogen-bond acceptors (Lipinski definition) is 6. The smallest absolute Gasteiger partial charge is 0.321 e. The third-order valence-electron chi connectivity index (χ3n) is 4.89. The maximum absolute atomic E-state index is 12.0. The zero-order chi connectivity index (χ0) is 20.1. The lowest BCUT2D eigenvalue weighted by atomic mass is 9.90. The van der Waals surface area contributed by atoms with Crippen LogP contribution in [0.4, 0.5) is 4.79 Å². The highest BCUT2D eigenvalue weighted by molar-refractivity contribution is 7.10. The van der Waals surface area contributed by atoms with Gasteiger partial charge in [-0.2, -0.15) is 0 Å². The van der Waals surface area contributed by atoms with Gasteiger partial charge in [0.05, 0.1) is 20.3 Å².